The molecule has 0 saturated heterocycles. The molecule has 3 heteroatoms. The second-order valence-corrected chi connectivity index (χ2v) is 3.32. The number of rotatable bonds is 4. The van der Waals surface area contributed by atoms with Gasteiger partial charge in [0, 0.05) is 19.5 Å². The summed E-state index contributed by atoms with van der Waals surface area (Å²) in [6.07, 6.45) is 5.91. The van der Waals surface area contributed by atoms with Crippen LogP contribution in [0.2, 0.25) is 0 Å². The van der Waals surface area contributed by atoms with Gasteiger partial charge in [-0.25, -0.2) is 0 Å². The summed E-state index contributed by atoms with van der Waals surface area (Å²) in [7, 11) is 0. The van der Waals surface area contributed by atoms with Gasteiger partial charge in [0.05, 0.1) is 0 Å². The fraction of sp³-hybridized carbons (Fsp3) is 0.333. The second kappa shape index (κ2) is 4.72. The zero-order valence-corrected chi connectivity index (χ0v) is 8.45. The molecule has 0 saturated carbocycles. The number of nitrogens with one attached hydrogen (secondary N) is 1. The van der Waals surface area contributed by atoms with Crippen molar-refractivity contribution in [1.29, 1.82) is 0 Å². The highest BCUT2D eigenvalue weighted by molar-refractivity contribution is 5.44. The van der Waals surface area contributed by atoms with E-state index in [4.69, 9.17) is 15.9 Å². The molecule has 1 aromatic carbocycles. The Morgan fingerprint density at radius 1 is 1.33 bits per heavy atom. The van der Waals surface area contributed by atoms with Gasteiger partial charge in [0.2, 0.25) is 6.79 Å². The Hall–Kier alpha value is -1.66. The van der Waals surface area contributed by atoms with E-state index in [9.17, 15) is 0 Å². The first-order chi connectivity index (χ1) is 7.40. The van der Waals surface area contributed by atoms with Crippen LogP contribution < -0.4 is 14.8 Å². The van der Waals surface area contributed by atoms with Crippen molar-refractivity contribution >= 4 is 0 Å². The van der Waals surface area contributed by atoms with Crippen LogP contribution in [-0.2, 0) is 6.54 Å². The van der Waals surface area contributed by atoms with Crippen molar-refractivity contribution in [2.24, 2.45) is 0 Å². The third-order valence-corrected chi connectivity index (χ3v) is 2.21. The summed E-state index contributed by atoms with van der Waals surface area (Å²) in [6, 6.07) is 5.95. The molecule has 0 aliphatic carbocycles. The first-order valence-corrected chi connectivity index (χ1v) is 4.93. The van der Waals surface area contributed by atoms with E-state index in [1.165, 1.54) is 5.56 Å². The Morgan fingerprint density at radius 2 is 2.20 bits per heavy atom. The fourth-order valence-corrected chi connectivity index (χ4v) is 1.44. The first-order valence-electron chi connectivity index (χ1n) is 4.93. The van der Waals surface area contributed by atoms with Crippen molar-refractivity contribution in [2.75, 3.05) is 13.3 Å². The molecule has 1 aliphatic rings. The van der Waals surface area contributed by atoms with Crippen LogP contribution in [0.15, 0.2) is 18.2 Å². The number of hydrogen-bond acceptors (Lipinski definition) is 3. The van der Waals surface area contributed by atoms with Crippen molar-refractivity contribution in [2.45, 2.75) is 13.0 Å². The minimum absolute atomic E-state index is 0.323. The summed E-state index contributed by atoms with van der Waals surface area (Å²) in [6.45, 7) is 1.96. The first kappa shape index (κ1) is 9.88. The van der Waals surface area contributed by atoms with Crippen molar-refractivity contribution in [3.05, 3.63) is 23.8 Å². The summed E-state index contributed by atoms with van der Waals surface area (Å²) in [5, 5.41) is 3.25. The third kappa shape index (κ3) is 2.42. The van der Waals surface area contributed by atoms with Crippen LogP contribution >= 0.6 is 0 Å². The molecule has 0 spiro atoms. The van der Waals surface area contributed by atoms with Gasteiger partial charge in [-0.2, -0.15) is 0 Å². The molecule has 1 N–H and O–H groups in total. The van der Waals surface area contributed by atoms with Crippen molar-refractivity contribution in [3.63, 3.8) is 0 Å². The van der Waals surface area contributed by atoms with Crippen molar-refractivity contribution in [1.82, 2.24) is 5.32 Å². The molecule has 1 aromatic rings. The minimum atomic E-state index is 0.323. The van der Waals surface area contributed by atoms with Gasteiger partial charge in [0.15, 0.2) is 11.5 Å². The van der Waals surface area contributed by atoms with E-state index in [0.717, 1.165) is 31.0 Å². The molecule has 1 heterocycles. The van der Waals surface area contributed by atoms with Crippen LogP contribution in [-0.4, -0.2) is 13.3 Å². The van der Waals surface area contributed by atoms with Gasteiger partial charge in [-0.05, 0) is 17.7 Å². The van der Waals surface area contributed by atoms with Crippen molar-refractivity contribution < 1.29 is 9.47 Å². The molecule has 0 amide bonds. The predicted octanol–water partition coefficient (Wildman–Crippen LogP) is 1.53. The molecular formula is C12H13NO2. The number of hydrogen-bond donors (Lipinski definition) is 1. The molecule has 15 heavy (non-hydrogen) atoms. The lowest BCUT2D eigenvalue weighted by Crippen LogP contribution is -2.13. The van der Waals surface area contributed by atoms with Gasteiger partial charge < -0.3 is 14.8 Å². The monoisotopic (exact) mass is 203 g/mol. The SMILES string of the molecule is C#CCCNCc1ccc2c(c1)OCO2. The standard InChI is InChI=1S/C12H13NO2/c1-2-3-6-13-8-10-4-5-11-12(7-10)15-9-14-11/h1,4-5,7,13H,3,6,8-9H2. The Balaban J connectivity index is 1.90. The topological polar surface area (TPSA) is 30.5 Å². The lowest BCUT2D eigenvalue weighted by molar-refractivity contribution is 0.174. The highest BCUT2D eigenvalue weighted by Gasteiger charge is 2.12. The lowest BCUT2D eigenvalue weighted by atomic mass is 10.2. The van der Waals surface area contributed by atoms with Gasteiger partial charge in [-0.1, -0.05) is 6.07 Å². The van der Waals surface area contributed by atoms with Gasteiger partial charge in [0.25, 0.3) is 0 Å². The predicted molar refractivity (Wildman–Crippen MR) is 57.7 cm³/mol. The molecule has 0 unspecified atom stereocenters. The zero-order chi connectivity index (χ0) is 10.5. The summed E-state index contributed by atoms with van der Waals surface area (Å²) in [4.78, 5) is 0. The number of terminal acetylenes is 1. The Labute approximate surface area is 89.4 Å². The van der Waals surface area contributed by atoms with E-state index in [1.807, 2.05) is 18.2 Å². The molecule has 0 aromatic heterocycles. The van der Waals surface area contributed by atoms with Crippen LogP contribution in [0.5, 0.6) is 11.5 Å². The van der Waals surface area contributed by atoms with Crippen LogP contribution in [0, 0.1) is 12.3 Å². The van der Waals surface area contributed by atoms with E-state index >= 15 is 0 Å². The fourth-order valence-electron chi connectivity index (χ4n) is 1.44. The van der Waals surface area contributed by atoms with E-state index in [-0.39, 0.29) is 0 Å². The van der Waals surface area contributed by atoms with Crippen molar-refractivity contribution in [3.8, 4) is 23.8 Å². The zero-order valence-electron chi connectivity index (χ0n) is 8.45. The van der Waals surface area contributed by atoms with E-state index < -0.39 is 0 Å². The molecule has 0 fully saturated rings. The Morgan fingerprint density at radius 3 is 3.07 bits per heavy atom. The minimum Gasteiger partial charge on any atom is -0.454 e. The van der Waals surface area contributed by atoms with Crippen LogP contribution in [0.1, 0.15) is 12.0 Å². The number of benzene rings is 1. The van der Waals surface area contributed by atoms with Crippen LogP contribution in [0.25, 0.3) is 0 Å². The average molecular weight is 203 g/mol. The molecule has 2 rings (SSSR count). The maximum absolute atomic E-state index is 5.28. The number of ether oxygens (including phenoxy) is 2. The van der Waals surface area contributed by atoms with Gasteiger partial charge in [0.1, 0.15) is 0 Å². The highest BCUT2D eigenvalue weighted by atomic mass is 16.7. The van der Waals surface area contributed by atoms with E-state index in [0.29, 0.717) is 6.79 Å². The smallest absolute Gasteiger partial charge is 0.231 e. The Kier molecular flexibility index (Phi) is 3.11. The molecule has 78 valence electrons. The van der Waals surface area contributed by atoms with Gasteiger partial charge >= 0.3 is 0 Å². The summed E-state index contributed by atoms with van der Waals surface area (Å²) >= 11 is 0. The maximum atomic E-state index is 5.28. The summed E-state index contributed by atoms with van der Waals surface area (Å²) in [5.41, 5.74) is 1.18. The lowest BCUT2D eigenvalue weighted by Gasteiger charge is -2.03. The third-order valence-electron chi connectivity index (χ3n) is 2.21. The molecule has 0 radical (unpaired) electrons. The van der Waals surface area contributed by atoms with E-state index in [2.05, 4.69) is 11.2 Å². The van der Waals surface area contributed by atoms with Crippen LogP contribution in [0.4, 0.5) is 0 Å². The molecular weight excluding hydrogens is 190 g/mol. The second-order valence-electron chi connectivity index (χ2n) is 3.32. The highest BCUT2D eigenvalue weighted by Crippen LogP contribution is 2.32. The maximum Gasteiger partial charge on any atom is 0.231 e. The molecule has 0 atom stereocenters. The molecule has 3 nitrogen and oxygen atoms in total. The normalized spacial score (nSPS) is 12.5. The number of fused-ring (bicyclic) bond motifs is 1. The van der Waals surface area contributed by atoms with Crippen LogP contribution in [0.3, 0.4) is 0 Å². The largest absolute Gasteiger partial charge is 0.454 e. The quantitative estimate of drug-likeness (QED) is 0.594. The summed E-state index contributed by atoms with van der Waals surface area (Å²) < 4.78 is 10.5. The molecule has 0 bridgehead atoms. The van der Waals surface area contributed by atoms with Gasteiger partial charge in [-0.3, -0.25) is 0 Å². The average Bonchev–Trinajstić information content (AvgIpc) is 2.71. The van der Waals surface area contributed by atoms with Gasteiger partial charge in [-0.15, -0.1) is 12.3 Å². The Bertz CT molecular complexity index is 382. The van der Waals surface area contributed by atoms with E-state index in [1.54, 1.807) is 0 Å². The summed E-state index contributed by atoms with van der Waals surface area (Å²) in [5.74, 6) is 4.24. The molecule has 1 aliphatic heterocycles.